The first-order chi connectivity index (χ1) is 25.6. The van der Waals surface area contributed by atoms with E-state index in [1.165, 1.54) is 73.0 Å². The molecule has 0 bridgehead atoms. The Hall–Kier alpha value is -4.49. The fraction of sp³-hybridized carbons (Fsp3) is 0.298. The highest BCUT2D eigenvalue weighted by Gasteiger charge is 2.45. The van der Waals surface area contributed by atoms with Crippen LogP contribution in [0.1, 0.15) is 70.1 Å². The molecule has 2 aliphatic heterocycles. The first kappa shape index (κ1) is 37.8. The fourth-order valence-electron chi connectivity index (χ4n) is 9.08. The standard InChI is InChI=1S/C40H42ClN2.C7H8O3S/c1-39(2)34(42(5)32-22-18-26-12-7-9-16-30(26)36(32)39)24-20-28-14-11-15-29(38(28)41)21-25-35-40(3,4)37-31-17-10-8-13-27(31)19-23-33(37)43(35)6;1-6-2-4-7(5-3-6)11(8,9)10/h7-10,12-13,16-24,35H,11,14-15,25H2,1-6H3;2-5H,1H3,(H,8,9,10)/q+1;/p-1/b24-20+,29-21-;. The molecule has 1 aliphatic carbocycles. The fourth-order valence-corrected chi connectivity index (χ4v) is 9.88. The number of halogens is 1. The number of fused-ring (bicyclic) bond motifs is 6. The quantitative estimate of drug-likeness (QED) is 0.132. The van der Waals surface area contributed by atoms with E-state index in [2.05, 4.69) is 142 Å². The van der Waals surface area contributed by atoms with Gasteiger partial charge in [0.1, 0.15) is 17.2 Å². The van der Waals surface area contributed by atoms with Crippen LogP contribution < -0.4 is 4.90 Å². The molecule has 0 fully saturated rings. The number of rotatable bonds is 5. The van der Waals surface area contributed by atoms with E-state index in [0.717, 1.165) is 36.3 Å². The summed E-state index contributed by atoms with van der Waals surface area (Å²) in [5.41, 5.74) is 10.3. The second-order valence-electron chi connectivity index (χ2n) is 16.0. The van der Waals surface area contributed by atoms with Gasteiger partial charge in [-0.25, -0.2) is 8.42 Å². The second kappa shape index (κ2) is 14.3. The molecule has 3 aliphatic rings. The Labute approximate surface area is 325 Å². The Kier molecular flexibility index (Phi) is 10.0. The first-order valence-corrected chi connectivity index (χ1v) is 20.6. The van der Waals surface area contributed by atoms with Crippen molar-refractivity contribution in [2.45, 2.75) is 82.1 Å². The van der Waals surface area contributed by atoms with Crippen LogP contribution >= 0.6 is 11.6 Å². The molecule has 2 heterocycles. The summed E-state index contributed by atoms with van der Waals surface area (Å²) in [7, 11) is 0.190. The highest BCUT2D eigenvalue weighted by molar-refractivity contribution is 7.85. The SMILES string of the molecule is CN1c2ccc3ccccc3c2C(C)(C)C1C/C=C1/CCCC(/C=C/C2=[N+](C)c3ccc4ccccc4c3C2(C)C)=C1Cl.Cc1ccc(S(=O)(=O)[O-])cc1. The normalized spacial score (nSPS) is 19.8. The van der Waals surface area contributed by atoms with Gasteiger partial charge in [-0.1, -0.05) is 110 Å². The molecule has 0 spiro atoms. The van der Waals surface area contributed by atoms with Gasteiger partial charge in [0.15, 0.2) is 5.71 Å². The zero-order valence-corrected chi connectivity index (χ0v) is 33.9. The van der Waals surface area contributed by atoms with Gasteiger partial charge in [0.05, 0.1) is 10.3 Å². The van der Waals surface area contributed by atoms with Crippen LogP contribution in [0.4, 0.5) is 11.4 Å². The number of hydrogen-bond donors (Lipinski definition) is 0. The monoisotopic (exact) mass is 756 g/mol. The van der Waals surface area contributed by atoms with Crippen molar-refractivity contribution in [1.29, 1.82) is 0 Å². The van der Waals surface area contributed by atoms with Crippen molar-refractivity contribution < 1.29 is 17.5 Å². The number of likely N-dealkylation sites (N-methyl/N-ethyl adjacent to an activating group) is 1. The number of benzene rings is 5. The molecule has 8 rings (SSSR count). The van der Waals surface area contributed by atoms with Gasteiger partial charge >= 0.3 is 0 Å². The first-order valence-electron chi connectivity index (χ1n) is 18.8. The van der Waals surface area contributed by atoms with Crippen LogP contribution in [-0.2, 0) is 20.9 Å². The van der Waals surface area contributed by atoms with Gasteiger partial charge in [0.25, 0.3) is 0 Å². The van der Waals surface area contributed by atoms with E-state index in [0.29, 0.717) is 6.04 Å². The van der Waals surface area contributed by atoms with Crippen LogP contribution in [0.2, 0.25) is 0 Å². The van der Waals surface area contributed by atoms with Gasteiger partial charge < -0.3 is 9.45 Å². The summed E-state index contributed by atoms with van der Waals surface area (Å²) in [6.07, 6.45) is 11.2. The molecule has 54 heavy (non-hydrogen) atoms. The molecular weight excluding hydrogens is 708 g/mol. The van der Waals surface area contributed by atoms with Crippen molar-refractivity contribution in [3.63, 3.8) is 0 Å². The molecule has 0 radical (unpaired) electrons. The lowest BCUT2D eigenvalue weighted by Crippen LogP contribution is -2.39. The summed E-state index contributed by atoms with van der Waals surface area (Å²) in [5, 5.41) is 6.29. The van der Waals surface area contributed by atoms with Crippen LogP contribution in [0.5, 0.6) is 0 Å². The summed E-state index contributed by atoms with van der Waals surface area (Å²) < 4.78 is 33.5. The third-order valence-corrected chi connectivity index (χ3v) is 13.3. The lowest BCUT2D eigenvalue weighted by Gasteiger charge is -2.32. The molecule has 0 aromatic heterocycles. The largest absolute Gasteiger partial charge is 0.744 e. The summed E-state index contributed by atoms with van der Waals surface area (Å²) in [5.74, 6) is 0. The van der Waals surface area contributed by atoms with E-state index < -0.39 is 10.1 Å². The second-order valence-corrected chi connectivity index (χ2v) is 17.8. The third-order valence-electron chi connectivity index (χ3n) is 11.9. The summed E-state index contributed by atoms with van der Waals surface area (Å²) in [6, 6.07) is 32.8. The number of anilines is 1. The molecule has 7 heteroatoms. The van der Waals surface area contributed by atoms with Crippen LogP contribution in [0.3, 0.4) is 0 Å². The summed E-state index contributed by atoms with van der Waals surface area (Å²) in [4.78, 5) is 2.32. The molecule has 1 unspecified atom stereocenters. The zero-order valence-electron chi connectivity index (χ0n) is 32.3. The maximum atomic E-state index is 10.4. The molecule has 5 nitrogen and oxygen atoms in total. The summed E-state index contributed by atoms with van der Waals surface area (Å²) in [6.45, 7) is 11.3. The van der Waals surface area contributed by atoms with E-state index in [1.807, 2.05) is 6.92 Å². The van der Waals surface area contributed by atoms with Crippen LogP contribution in [-0.4, -0.2) is 43.4 Å². The van der Waals surface area contributed by atoms with Gasteiger partial charge in [-0.15, -0.1) is 0 Å². The van der Waals surface area contributed by atoms with Crippen molar-refractivity contribution in [2.75, 3.05) is 19.0 Å². The van der Waals surface area contributed by atoms with Gasteiger partial charge in [-0.2, -0.15) is 4.58 Å². The third kappa shape index (κ3) is 6.74. The van der Waals surface area contributed by atoms with E-state index in [4.69, 9.17) is 11.6 Å². The molecule has 0 N–H and O–H groups in total. The molecule has 1 atom stereocenters. The maximum absolute atomic E-state index is 10.4. The molecule has 278 valence electrons. The number of aryl methyl sites for hydroxylation is 1. The minimum atomic E-state index is -4.27. The van der Waals surface area contributed by atoms with Gasteiger partial charge in [0, 0.05) is 46.9 Å². The summed E-state index contributed by atoms with van der Waals surface area (Å²) >= 11 is 7.19. The maximum Gasteiger partial charge on any atom is 0.210 e. The highest BCUT2D eigenvalue weighted by atomic mass is 35.5. The molecule has 5 aromatic rings. The van der Waals surface area contributed by atoms with Crippen LogP contribution in [0.15, 0.2) is 136 Å². The Morgan fingerprint density at radius 1 is 0.833 bits per heavy atom. The van der Waals surface area contributed by atoms with Crippen molar-refractivity contribution in [3.05, 3.63) is 148 Å². The smallest absolute Gasteiger partial charge is 0.210 e. The van der Waals surface area contributed by atoms with Crippen molar-refractivity contribution >= 4 is 60.4 Å². The molecule has 5 aromatic carbocycles. The number of allylic oxidation sites excluding steroid dienone is 5. The van der Waals surface area contributed by atoms with Crippen molar-refractivity contribution in [1.82, 2.24) is 0 Å². The number of nitrogens with zero attached hydrogens (tertiary/aromatic N) is 2. The van der Waals surface area contributed by atoms with E-state index in [-0.39, 0.29) is 15.7 Å². The van der Waals surface area contributed by atoms with Crippen LogP contribution in [0, 0.1) is 6.92 Å². The molecule has 0 saturated carbocycles. The minimum absolute atomic E-state index is 0.0318. The van der Waals surface area contributed by atoms with E-state index in [9.17, 15) is 13.0 Å². The Morgan fingerprint density at radius 3 is 2.09 bits per heavy atom. The predicted molar refractivity (Wildman–Crippen MR) is 225 cm³/mol. The van der Waals surface area contributed by atoms with Gasteiger partial charge in [-0.05, 0) is 109 Å². The van der Waals surface area contributed by atoms with E-state index in [1.54, 1.807) is 12.1 Å². The molecular formula is C47H49ClN2O3S. The highest BCUT2D eigenvalue weighted by Crippen LogP contribution is 2.49. The molecule has 0 amide bonds. The number of hydrogen-bond acceptors (Lipinski definition) is 4. The predicted octanol–water partition coefficient (Wildman–Crippen LogP) is 11.2. The van der Waals surface area contributed by atoms with Gasteiger partial charge in [0.2, 0.25) is 5.69 Å². The Bertz CT molecular complexity index is 2520. The van der Waals surface area contributed by atoms with Crippen molar-refractivity contribution in [2.24, 2.45) is 0 Å². The zero-order chi connectivity index (χ0) is 38.6. The van der Waals surface area contributed by atoms with Crippen molar-refractivity contribution in [3.8, 4) is 0 Å². The topological polar surface area (TPSA) is 63.5 Å². The minimum Gasteiger partial charge on any atom is -0.744 e. The Morgan fingerprint density at radius 2 is 1.44 bits per heavy atom. The Balaban J connectivity index is 0.000000353. The lowest BCUT2D eigenvalue weighted by molar-refractivity contribution is -0.401. The van der Waals surface area contributed by atoms with E-state index >= 15 is 0 Å². The van der Waals surface area contributed by atoms with Gasteiger partial charge in [-0.3, -0.25) is 0 Å². The van der Waals surface area contributed by atoms with Crippen LogP contribution in [0.25, 0.3) is 21.5 Å². The molecule has 0 saturated heterocycles. The average Bonchev–Trinajstić information content (AvgIpc) is 3.47. The average molecular weight is 757 g/mol. The lowest BCUT2D eigenvalue weighted by atomic mass is 9.77.